The van der Waals surface area contributed by atoms with Gasteiger partial charge in [-0.05, 0) is 89.1 Å². The van der Waals surface area contributed by atoms with Gasteiger partial charge in [0.1, 0.15) is 18.0 Å². The van der Waals surface area contributed by atoms with E-state index in [1.54, 1.807) is 6.20 Å². The SMILES string of the molecule is C[SiH](C)OC(c1c(OCc2cccnc2)ccc2c(CCC3CCN(C(=O)OC(C)(C)C)CC3)noc12)C(C)(C)C. The Morgan fingerprint density at radius 2 is 1.85 bits per heavy atom. The van der Waals surface area contributed by atoms with Gasteiger partial charge in [0.2, 0.25) is 0 Å². The van der Waals surface area contributed by atoms with Crippen LogP contribution in [0.1, 0.15) is 83.7 Å². The molecule has 8 nitrogen and oxygen atoms in total. The minimum absolute atomic E-state index is 0.174. The molecule has 1 aliphatic heterocycles. The smallest absolute Gasteiger partial charge is 0.410 e. The van der Waals surface area contributed by atoms with Crippen molar-refractivity contribution in [2.24, 2.45) is 11.3 Å². The fraction of sp³-hybridized carbons (Fsp3) is 0.594. The highest BCUT2D eigenvalue weighted by Gasteiger charge is 2.34. The van der Waals surface area contributed by atoms with Crippen molar-refractivity contribution in [3.05, 3.63) is 53.5 Å². The Kier molecular flexibility index (Phi) is 9.80. The fourth-order valence-electron chi connectivity index (χ4n) is 5.30. The molecule has 4 rings (SSSR count). The molecule has 1 fully saturated rings. The molecule has 1 aromatic carbocycles. The lowest BCUT2D eigenvalue weighted by Crippen LogP contribution is -2.41. The van der Waals surface area contributed by atoms with Crippen LogP contribution in [0.4, 0.5) is 4.79 Å². The molecule has 9 heteroatoms. The van der Waals surface area contributed by atoms with Crippen molar-refractivity contribution in [1.82, 2.24) is 15.0 Å². The standard InChI is InChI=1S/C32H47N3O5Si/c1-31(2,3)29(40-41(7)8)27-26(37-21-23-10-9-17-33-20-23)14-12-24-25(34-39-28(24)27)13-11-22-15-18-35(19-16-22)30(36)38-32(4,5)6/h9-10,12,14,17,20,22,29,41H,11,13,15-16,18-19,21H2,1-8H3. The predicted octanol–water partition coefficient (Wildman–Crippen LogP) is 7.47. The number of nitrogens with zero attached hydrogens (tertiary/aromatic N) is 3. The quantitative estimate of drug-likeness (QED) is 0.242. The average Bonchev–Trinajstić information content (AvgIpc) is 3.31. The Labute approximate surface area is 246 Å². The molecule has 0 saturated carbocycles. The van der Waals surface area contributed by atoms with Gasteiger partial charge in [-0.2, -0.15) is 0 Å². The van der Waals surface area contributed by atoms with Crippen LogP contribution in [-0.2, 0) is 22.2 Å². The molecule has 0 N–H and O–H groups in total. The third-order valence-corrected chi connectivity index (χ3v) is 8.16. The molecule has 1 aliphatic rings. The van der Waals surface area contributed by atoms with E-state index in [2.05, 4.69) is 50.1 Å². The summed E-state index contributed by atoms with van der Waals surface area (Å²) in [5, 5.41) is 5.57. The maximum Gasteiger partial charge on any atom is 0.410 e. The third kappa shape index (κ3) is 8.32. The van der Waals surface area contributed by atoms with Gasteiger partial charge in [0, 0.05) is 36.4 Å². The van der Waals surface area contributed by atoms with Crippen molar-refractivity contribution in [1.29, 1.82) is 0 Å². The Morgan fingerprint density at radius 3 is 2.46 bits per heavy atom. The van der Waals surface area contributed by atoms with Crippen LogP contribution >= 0.6 is 0 Å². The molecule has 224 valence electrons. The molecule has 3 heterocycles. The van der Waals surface area contributed by atoms with Gasteiger partial charge in [0.25, 0.3) is 0 Å². The molecule has 0 aliphatic carbocycles. The number of fused-ring (bicyclic) bond motifs is 1. The number of pyridine rings is 1. The summed E-state index contributed by atoms with van der Waals surface area (Å²) in [5.41, 5.74) is 3.00. The first-order valence-corrected chi connectivity index (χ1v) is 17.7. The van der Waals surface area contributed by atoms with E-state index in [0.717, 1.165) is 72.3 Å². The summed E-state index contributed by atoms with van der Waals surface area (Å²) in [5.74, 6) is 1.28. The molecule has 3 aromatic rings. The van der Waals surface area contributed by atoms with Crippen LogP contribution < -0.4 is 4.74 Å². The second-order valence-corrected chi connectivity index (χ2v) is 15.9. The van der Waals surface area contributed by atoms with Crippen molar-refractivity contribution < 1.29 is 23.2 Å². The van der Waals surface area contributed by atoms with Gasteiger partial charge < -0.3 is 23.3 Å². The largest absolute Gasteiger partial charge is 0.488 e. The Bertz CT molecular complexity index is 1290. The lowest BCUT2D eigenvalue weighted by Gasteiger charge is -2.34. The van der Waals surface area contributed by atoms with Crippen LogP contribution in [0.5, 0.6) is 5.75 Å². The molecule has 1 atom stereocenters. The number of hydrogen-bond donors (Lipinski definition) is 0. The number of rotatable bonds is 9. The number of benzene rings is 1. The first-order chi connectivity index (χ1) is 19.3. The zero-order chi connectivity index (χ0) is 29.8. The van der Waals surface area contributed by atoms with Crippen LogP contribution in [0.2, 0.25) is 13.1 Å². The normalized spacial score (nSPS) is 15.9. The number of aryl methyl sites for hydroxylation is 1. The van der Waals surface area contributed by atoms with Gasteiger partial charge in [0.05, 0.1) is 17.4 Å². The summed E-state index contributed by atoms with van der Waals surface area (Å²) in [4.78, 5) is 18.5. The van der Waals surface area contributed by atoms with Gasteiger partial charge in [-0.25, -0.2) is 4.79 Å². The molecule has 0 spiro atoms. The van der Waals surface area contributed by atoms with Gasteiger partial charge in [-0.15, -0.1) is 0 Å². The number of carbonyl (C=O) groups is 1. The third-order valence-electron chi connectivity index (χ3n) is 7.34. The lowest BCUT2D eigenvalue weighted by atomic mass is 9.83. The molecule has 0 radical (unpaired) electrons. The van der Waals surface area contributed by atoms with E-state index in [0.29, 0.717) is 12.5 Å². The summed E-state index contributed by atoms with van der Waals surface area (Å²) in [6.45, 7) is 18.5. The second kappa shape index (κ2) is 12.9. The zero-order valence-electron chi connectivity index (χ0n) is 26.0. The van der Waals surface area contributed by atoms with E-state index >= 15 is 0 Å². The minimum atomic E-state index is -1.39. The summed E-state index contributed by atoms with van der Waals surface area (Å²) < 4.78 is 24.7. The van der Waals surface area contributed by atoms with Crippen molar-refractivity contribution >= 4 is 26.1 Å². The monoisotopic (exact) mass is 581 g/mol. The molecule has 2 aromatic heterocycles. The summed E-state index contributed by atoms with van der Waals surface area (Å²) in [6.07, 6.45) is 6.92. The van der Waals surface area contributed by atoms with Gasteiger partial charge in [-0.3, -0.25) is 4.98 Å². The topological polar surface area (TPSA) is 86.9 Å². The van der Waals surface area contributed by atoms with Crippen molar-refractivity contribution in [2.75, 3.05) is 13.1 Å². The molecule has 1 saturated heterocycles. The minimum Gasteiger partial charge on any atom is -0.488 e. The highest BCUT2D eigenvalue weighted by Crippen LogP contribution is 2.45. The zero-order valence-corrected chi connectivity index (χ0v) is 27.2. The lowest BCUT2D eigenvalue weighted by molar-refractivity contribution is 0.0181. The average molecular weight is 582 g/mol. The Morgan fingerprint density at radius 1 is 1.12 bits per heavy atom. The fourth-order valence-corrected chi connectivity index (χ4v) is 6.39. The van der Waals surface area contributed by atoms with Gasteiger partial charge in [-0.1, -0.05) is 32.0 Å². The van der Waals surface area contributed by atoms with Crippen molar-refractivity contribution in [3.63, 3.8) is 0 Å². The number of amides is 1. The van der Waals surface area contributed by atoms with Gasteiger partial charge in [0.15, 0.2) is 14.6 Å². The molecule has 0 bridgehead atoms. The number of hydrogen-bond acceptors (Lipinski definition) is 7. The van der Waals surface area contributed by atoms with E-state index in [-0.39, 0.29) is 17.6 Å². The van der Waals surface area contributed by atoms with Gasteiger partial charge >= 0.3 is 6.09 Å². The maximum absolute atomic E-state index is 12.5. The number of likely N-dealkylation sites (tertiary alicyclic amines) is 1. The van der Waals surface area contributed by atoms with E-state index in [1.165, 1.54) is 0 Å². The highest BCUT2D eigenvalue weighted by atomic mass is 28.3. The molecular formula is C32H47N3O5Si. The molecule has 41 heavy (non-hydrogen) atoms. The first kappa shape index (κ1) is 31.0. The van der Waals surface area contributed by atoms with Crippen LogP contribution in [0, 0.1) is 11.3 Å². The Balaban J connectivity index is 1.53. The predicted molar refractivity (Wildman–Crippen MR) is 164 cm³/mol. The van der Waals surface area contributed by atoms with E-state index in [4.69, 9.17) is 18.4 Å². The number of ether oxygens (including phenoxy) is 2. The second-order valence-electron chi connectivity index (χ2n) is 13.5. The van der Waals surface area contributed by atoms with Crippen LogP contribution in [0.3, 0.4) is 0 Å². The van der Waals surface area contributed by atoms with Crippen molar-refractivity contribution in [2.45, 2.75) is 98.6 Å². The summed E-state index contributed by atoms with van der Waals surface area (Å²) in [6, 6.07) is 8.03. The summed E-state index contributed by atoms with van der Waals surface area (Å²) >= 11 is 0. The van der Waals surface area contributed by atoms with Crippen LogP contribution in [0.15, 0.2) is 41.2 Å². The summed E-state index contributed by atoms with van der Waals surface area (Å²) in [7, 11) is -1.39. The van der Waals surface area contributed by atoms with E-state index in [9.17, 15) is 4.79 Å². The molecular weight excluding hydrogens is 534 g/mol. The van der Waals surface area contributed by atoms with E-state index in [1.807, 2.05) is 50.1 Å². The van der Waals surface area contributed by atoms with Crippen LogP contribution in [-0.4, -0.2) is 48.9 Å². The van der Waals surface area contributed by atoms with Crippen molar-refractivity contribution in [3.8, 4) is 5.75 Å². The molecule has 1 unspecified atom stereocenters. The highest BCUT2D eigenvalue weighted by molar-refractivity contribution is 6.48. The maximum atomic E-state index is 12.5. The van der Waals surface area contributed by atoms with E-state index < -0.39 is 14.6 Å². The van der Waals surface area contributed by atoms with Crippen LogP contribution in [0.25, 0.3) is 11.0 Å². The number of piperidine rings is 1. The number of aromatic nitrogens is 2. The molecule has 1 amide bonds. The first-order valence-electron chi connectivity index (χ1n) is 14.9. The number of carbonyl (C=O) groups excluding carboxylic acids is 1. The Hall–Kier alpha value is -2.91.